The van der Waals surface area contributed by atoms with Crippen LogP contribution in [0.3, 0.4) is 0 Å². The molecule has 3 rings (SSSR count). The van der Waals surface area contributed by atoms with Crippen molar-refractivity contribution < 1.29 is 19.1 Å². The number of hydrogen-bond acceptors (Lipinski definition) is 6. The van der Waals surface area contributed by atoms with Crippen molar-refractivity contribution in [3.8, 4) is 28.7 Å². The summed E-state index contributed by atoms with van der Waals surface area (Å²) in [6.45, 7) is 2.53. The number of aromatic nitrogens is 3. The number of carboxylic acid groups (broad SMARTS) is 1. The molecule has 2 aromatic heterocycles. The highest BCUT2D eigenvalue weighted by Crippen LogP contribution is 2.29. The zero-order chi connectivity index (χ0) is 16.9. The number of ether oxygens (including phenoxy) is 1. The first-order valence-electron chi connectivity index (χ1n) is 7.26. The third-order valence-corrected chi connectivity index (χ3v) is 3.89. The van der Waals surface area contributed by atoms with Crippen LogP contribution in [0.15, 0.2) is 46.0 Å². The van der Waals surface area contributed by atoms with E-state index in [0.717, 1.165) is 23.1 Å². The molecule has 7 nitrogen and oxygen atoms in total. The molecule has 0 bridgehead atoms. The third kappa shape index (κ3) is 3.77. The lowest BCUT2D eigenvalue weighted by atomic mass is 10.1. The van der Waals surface area contributed by atoms with Crippen molar-refractivity contribution >= 4 is 17.7 Å². The Morgan fingerprint density at radius 2 is 2.17 bits per heavy atom. The molecule has 0 spiro atoms. The monoisotopic (exact) mass is 345 g/mol. The summed E-state index contributed by atoms with van der Waals surface area (Å²) in [6, 6.07) is 11.2. The quantitative estimate of drug-likeness (QED) is 0.633. The zero-order valence-corrected chi connectivity index (χ0v) is 13.7. The third-order valence-electron chi connectivity index (χ3n) is 3.06. The van der Waals surface area contributed by atoms with Gasteiger partial charge in [0.2, 0.25) is 5.16 Å². The number of aromatic amines is 1. The van der Waals surface area contributed by atoms with Crippen LogP contribution in [0, 0.1) is 0 Å². The Kier molecular flexibility index (Phi) is 4.85. The van der Waals surface area contributed by atoms with Crippen LogP contribution in [-0.2, 0) is 4.79 Å². The van der Waals surface area contributed by atoms with E-state index in [2.05, 4.69) is 15.2 Å². The Balaban J connectivity index is 1.78. The van der Waals surface area contributed by atoms with E-state index in [4.69, 9.17) is 14.3 Å². The van der Waals surface area contributed by atoms with Gasteiger partial charge in [0, 0.05) is 5.56 Å². The second-order valence-corrected chi connectivity index (χ2v) is 5.72. The highest BCUT2D eigenvalue weighted by atomic mass is 32.2. The molecular formula is C16H15N3O4S. The summed E-state index contributed by atoms with van der Waals surface area (Å²) in [4.78, 5) is 14.8. The fourth-order valence-electron chi connectivity index (χ4n) is 2.07. The van der Waals surface area contributed by atoms with E-state index in [-0.39, 0.29) is 5.75 Å². The van der Waals surface area contributed by atoms with Crippen molar-refractivity contribution in [3.05, 3.63) is 36.4 Å². The lowest BCUT2D eigenvalue weighted by molar-refractivity contribution is -0.133. The van der Waals surface area contributed by atoms with E-state index in [1.165, 1.54) is 0 Å². The Morgan fingerprint density at radius 1 is 1.33 bits per heavy atom. The van der Waals surface area contributed by atoms with Crippen LogP contribution < -0.4 is 4.74 Å². The number of nitrogens with one attached hydrogen (secondary N) is 1. The number of hydrogen-bond donors (Lipinski definition) is 2. The normalized spacial score (nSPS) is 10.7. The molecule has 0 aliphatic rings. The van der Waals surface area contributed by atoms with Crippen LogP contribution in [0.2, 0.25) is 0 Å². The fraction of sp³-hybridized carbons (Fsp3) is 0.188. The van der Waals surface area contributed by atoms with E-state index in [0.29, 0.717) is 29.1 Å². The first kappa shape index (κ1) is 16.1. The van der Waals surface area contributed by atoms with Gasteiger partial charge in [-0.3, -0.25) is 9.89 Å². The van der Waals surface area contributed by atoms with Gasteiger partial charge in [-0.15, -0.1) is 5.10 Å². The van der Waals surface area contributed by atoms with Gasteiger partial charge in [-0.05, 0) is 31.2 Å². The minimum absolute atomic E-state index is 0.0923. The summed E-state index contributed by atoms with van der Waals surface area (Å²) in [7, 11) is 0. The molecule has 0 radical (unpaired) electrons. The minimum Gasteiger partial charge on any atom is -0.494 e. The number of benzene rings is 1. The second kappa shape index (κ2) is 7.22. The molecule has 3 aromatic rings. The number of furan rings is 1. The Morgan fingerprint density at radius 3 is 2.96 bits per heavy atom. The first-order chi connectivity index (χ1) is 11.7. The lowest BCUT2D eigenvalue weighted by Gasteiger charge is -2.04. The van der Waals surface area contributed by atoms with Gasteiger partial charge < -0.3 is 14.3 Å². The van der Waals surface area contributed by atoms with Gasteiger partial charge in [0.1, 0.15) is 11.5 Å². The van der Waals surface area contributed by atoms with E-state index in [9.17, 15) is 4.79 Å². The van der Waals surface area contributed by atoms with E-state index >= 15 is 0 Å². The highest BCUT2D eigenvalue weighted by Gasteiger charge is 2.12. The van der Waals surface area contributed by atoms with Gasteiger partial charge >= 0.3 is 5.97 Å². The van der Waals surface area contributed by atoms with Crippen molar-refractivity contribution in [1.29, 1.82) is 0 Å². The molecule has 124 valence electrons. The van der Waals surface area contributed by atoms with Gasteiger partial charge in [-0.1, -0.05) is 23.9 Å². The highest BCUT2D eigenvalue weighted by molar-refractivity contribution is 7.99. The maximum Gasteiger partial charge on any atom is 0.313 e. The molecule has 0 saturated heterocycles. The molecule has 0 unspecified atom stereocenters. The molecule has 0 amide bonds. The number of rotatable bonds is 7. The number of carboxylic acids is 1. The summed E-state index contributed by atoms with van der Waals surface area (Å²) in [6.07, 6.45) is 0. The van der Waals surface area contributed by atoms with E-state index in [1.54, 1.807) is 6.07 Å². The van der Waals surface area contributed by atoms with Crippen molar-refractivity contribution in [2.24, 2.45) is 0 Å². The average molecular weight is 345 g/mol. The van der Waals surface area contributed by atoms with Crippen LogP contribution in [0.4, 0.5) is 0 Å². The maximum absolute atomic E-state index is 10.6. The minimum atomic E-state index is -0.916. The molecule has 2 heterocycles. The van der Waals surface area contributed by atoms with Gasteiger partial charge in [-0.25, -0.2) is 0 Å². The van der Waals surface area contributed by atoms with Crippen LogP contribution in [0.25, 0.3) is 22.9 Å². The van der Waals surface area contributed by atoms with Crippen molar-refractivity contribution in [2.45, 2.75) is 12.1 Å². The second-order valence-electron chi connectivity index (χ2n) is 4.77. The molecule has 24 heavy (non-hydrogen) atoms. The molecule has 1 aromatic carbocycles. The largest absolute Gasteiger partial charge is 0.494 e. The SMILES string of the molecule is CCOc1cccc(-c2ccc(-c3nc(SCC(=O)O)n[nH]3)o2)c1. The van der Waals surface area contributed by atoms with Gasteiger partial charge in [0.25, 0.3) is 0 Å². The van der Waals surface area contributed by atoms with Gasteiger partial charge in [0.05, 0.1) is 12.4 Å². The van der Waals surface area contributed by atoms with Crippen LogP contribution in [0.1, 0.15) is 6.92 Å². The van der Waals surface area contributed by atoms with Gasteiger partial charge in [0.15, 0.2) is 11.6 Å². The van der Waals surface area contributed by atoms with Crippen molar-refractivity contribution in [2.75, 3.05) is 12.4 Å². The number of H-pyrrole nitrogens is 1. The Labute approximate surface area is 142 Å². The van der Waals surface area contributed by atoms with Gasteiger partial charge in [-0.2, -0.15) is 4.98 Å². The molecular weight excluding hydrogens is 330 g/mol. The summed E-state index contributed by atoms with van der Waals surface area (Å²) >= 11 is 1.04. The standard InChI is InChI=1S/C16H15N3O4S/c1-2-22-11-5-3-4-10(8-11)12-6-7-13(23-12)15-17-16(19-18-15)24-9-14(20)21/h3-8H,2,9H2,1H3,(H,20,21)(H,17,18,19). The zero-order valence-electron chi connectivity index (χ0n) is 12.9. The van der Waals surface area contributed by atoms with Crippen LogP contribution in [0.5, 0.6) is 5.75 Å². The number of nitrogens with zero attached hydrogens (tertiary/aromatic N) is 2. The molecule has 0 aliphatic carbocycles. The fourth-order valence-corrected chi connectivity index (χ4v) is 2.59. The Hall–Kier alpha value is -2.74. The molecule has 0 aliphatic heterocycles. The average Bonchev–Trinajstić information content (AvgIpc) is 3.23. The van der Waals surface area contributed by atoms with E-state index < -0.39 is 5.97 Å². The summed E-state index contributed by atoms with van der Waals surface area (Å²) < 4.78 is 11.3. The number of carbonyl (C=O) groups is 1. The predicted molar refractivity (Wildman–Crippen MR) is 89.0 cm³/mol. The molecule has 8 heteroatoms. The number of aliphatic carboxylic acids is 1. The lowest BCUT2D eigenvalue weighted by Crippen LogP contribution is -1.97. The van der Waals surface area contributed by atoms with Crippen molar-refractivity contribution in [1.82, 2.24) is 15.2 Å². The summed E-state index contributed by atoms with van der Waals surface area (Å²) in [5.41, 5.74) is 0.896. The van der Waals surface area contributed by atoms with Crippen molar-refractivity contribution in [3.63, 3.8) is 0 Å². The predicted octanol–water partition coefficient (Wildman–Crippen LogP) is 3.31. The topological polar surface area (TPSA) is 101 Å². The summed E-state index contributed by atoms with van der Waals surface area (Å²) in [5.74, 6) is 1.44. The molecule has 0 fully saturated rings. The summed E-state index contributed by atoms with van der Waals surface area (Å²) in [5, 5.41) is 15.8. The smallest absolute Gasteiger partial charge is 0.313 e. The Bertz CT molecular complexity index is 843. The molecule has 0 atom stereocenters. The van der Waals surface area contributed by atoms with Crippen LogP contribution in [-0.4, -0.2) is 38.6 Å². The van der Waals surface area contributed by atoms with Crippen LogP contribution >= 0.6 is 11.8 Å². The maximum atomic E-state index is 10.6. The number of thioether (sulfide) groups is 1. The molecule has 0 saturated carbocycles. The van der Waals surface area contributed by atoms with E-state index in [1.807, 2.05) is 37.3 Å². The first-order valence-corrected chi connectivity index (χ1v) is 8.24. The molecule has 2 N–H and O–H groups in total.